The van der Waals surface area contributed by atoms with Gasteiger partial charge in [0.25, 0.3) is 0 Å². The lowest BCUT2D eigenvalue weighted by atomic mass is 10.0. The molecule has 162 valence electrons. The minimum Gasteiger partial charge on any atom is -0.493 e. The molecule has 0 saturated heterocycles. The summed E-state index contributed by atoms with van der Waals surface area (Å²) in [5, 5.41) is 0. The molecule has 0 unspecified atom stereocenters. The molecule has 0 heterocycles. The first kappa shape index (κ1) is 24.2. The molecule has 0 amide bonds. The average molecular weight is 438 g/mol. The van der Waals surface area contributed by atoms with Gasteiger partial charge in [-0.25, -0.2) is 0 Å². The molecular formula is C26H28ClNO3. The minimum atomic E-state index is -0.0472. The lowest BCUT2D eigenvalue weighted by molar-refractivity contribution is 0.103. The van der Waals surface area contributed by atoms with Crippen LogP contribution in [0.2, 0.25) is 0 Å². The predicted octanol–water partition coefficient (Wildman–Crippen LogP) is 5.50. The van der Waals surface area contributed by atoms with E-state index < -0.39 is 0 Å². The summed E-state index contributed by atoms with van der Waals surface area (Å²) < 4.78 is 10.5. The molecule has 3 aromatic rings. The molecule has 4 nitrogen and oxygen atoms in total. The number of benzene rings is 3. The summed E-state index contributed by atoms with van der Waals surface area (Å²) in [5.41, 5.74) is 3.57. The van der Waals surface area contributed by atoms with Crippen LogP contribution < -0.4 is 9.47 Å². The Morgan fingerprint density at radius 3 is 2.16 bits per heavy atom. The molecule has 0 spiro atoms. The standard InChI is InChI=1S/C26H27NO3.ClH/c1-27(19-21-8-5-4-6-9-21)17-7-10-20-11-13-22(14-12-20)26(28)23-15-16-24(29-2)25(18-23)30-3;/h4-16,18H,17,19H2,1-3H3;1H/b10-7+;. The highest BCUT2D eigenvalue weighted by molar-refractivity contribution is 6.09. The first-order chi connectivity index (χ1) is 14.6. The Bertz CT molecular complexity index is 1000. The third kappa shape index (κ3) is 6.71. The Morgan fingerprint density at radius 1 is 0.871 bits per heavy atom. The fourth-order valence-corrected chi connectivity index (χ4v) is 3.22. The second-order valence-corrected chi connectivity index (χ2v) is 7.11. The van der Waals surface area contributed by atoms with E-state index in [2.05, 4.69) is 48.4 Å². The lowest BCUT2D eigenvalue weighted by Gasteiger charge is -2.14. The van der Waals surface area contributed by atoms with E-state index in [-0.39, 0.29) is 18.2 Å². The number of carbonyl (C=O) groups is 1. The lowest BCUT2D eigenvalue weighted by Crippen LogP contribution is -2.17. The summed E-state index contributed by atoms with van der Waals surface area (Å²) in [7, 11) is 5.23. The van der Waals surface area contributed by atoms with E-state index in [9.17, 15) is 4.79 Å². The molecule has 31 heavy (non-hydrogen) atoms. The van der Waals surface area contributed by atoms with Gasteiger partial charge in [0, 0.05) is 24.2 Å². The van der Waals surface area contributed by atoms with Gasteiger partial charge >= 0.3 is 0 Å². The molecule has 3 aromatic carbocycles. The SMILES string of the molecule is COc1ccc(C(=O)c2ccc(/C=C/CN(C)Cc3ccccc3)cc2)cc1OC.Cl. The molecule has 0 N–H and O–H groups in total. The Balaban J connectivity index is 0.00000341. The van der Waals surface area contributed by atoms with Crippen LogP contribution in [0.3, 0.4) is 0 Å². The number of carbonyl (C=O) groups excluding carboxylic acids is 1. The molecule has 3 rings (SSSR count). The zero-order valence-electron chi connectivity index (χ0n) is 18.1. The quantitative estimate of drug-likeness (QED) is 0.414. The number of methoxy groups -OCH3 is 2. The molecule has 0 bridgehead atoms. The van der Waals surface area contributed by atoms with Gasteiger partial charge in [-0.2, -0.15) is 0 Å². The predicted molar refractivity (Wildman–Crippen MR) is 128 cm³/mol. The van der Waals surface area contributed by atoms with Crippen LogP contribution in [0.5, 0.6) is 11.5 Å². The number of likely N-dealkylation sites (N-methyl/N-ethyl adjacent to an activating group) is 1. The molecule has 0 atom stereocenters. The molecule has 0 fully saturated rings. The van der Waals surface area contributed by atoms with Gasteiger partial charge in [-0.05, 0) is 36.4 Å². The second-order valence-electron chi connectivity index (χ2n) is 7.11. The molecule has 0 saturated carbocycles. The van der Waals surface area contributed by atoms with Crippen molar-refractivity contribution < 1.29 is 14.3 Å². The summed E-state index contributed by atoms with van der Waals surface area (Å²) in [6, 6.07) is 23.2. The van der Waals surface area contributed by atoms with Crippen LogP contribution in [0.1, 0.15) is 27.0 Å². The normalized spacial score (nSPS) is 10.7. The monoisotopic (exact) mass is 437 g/mol. The van der Waals surface area contributed by atoms with Crippen molar-refractivity contribution in [2.75, 3.05) is 27.8 Å². The van der Waals surface area contributed by atoms with Crippen molar-refractivity contribution in [3.63, 3.8) is 0 Å². The third-order valence-corrected chi connectivity index (χ3v) is 4.84. The minimum absolute atomic E-state index is 0. The fraction of sp³-hybridized carbons (Fsp3) is 0.192. The number of rotatable bonds is 9. The highest BCUT2D eigenvalue weighted by atomic mass is 35.5. The Morgan fingerprint density at radius 2 is 1.52 bits per heavy atom. The third-order valence-electron chi connectivity index (χ3n) is 4.84. The van der Waals surface area contributed by atoms with Crippen molar-refractivity contribution in [3.8, 4) is 11.5 Å². The van der Waals surface area contributed by atoms with E-state index in [4.69, 9.17) is 9.47 Å². The summed E-state index contributed by atoms with van der Waals surface area (Å²) in [5.74, 6) is 1.10. The van der Waals surface area contributed by atoms with Gasteiger partial charge in [0.15, 0.2) is 17.3 Å². The van der Waals surface area contributed by atoms with Gasteiger partial charge in [0.1, 0.15) is 0 Å². The molecule has 0 aromatic heterocycles. The fourth-order valence-electron chi connectivity index (χ4n) is 3.22. The van der Waals surface area contributed by atoms with Crippen LogP contribution >= 0.6 is 12.4 Å². The van der Waals surface area contributed by atoms with Crippen LogP contribution in [0.25, 0.3) is 6.08 Å². The van der Waals surface area contributed by atoms with E-state index in [0.717, 1.165) is 18.7 Å². The summed E-state index contributed by atoms with van der Waals surface area (Å²) >= 11 is 0. The van der Waals surface area contributed by atoms with Crippen molar-refractivity contribution in [2.24, 2.45) is 0 Å². The molecule has 0 radical (unpaired) electrons. The number of nitrogens with zero attached hydrogens (tertiary/aromatic N) is 1. The van der Waals surface area contributed by atoms with Crippen LogP contribution in [0.4, 0.5) is 0 Å². The Kier molecular flexibility index (Phi) is 9.32. The maximum atomic E-state index is 12.8. The summed E-state index contributed by atoms with van der Waals surface area (Å²) in [6.45, 7) is 1.76. The smallest absolute Gasteiger partial charge is 0.193 e. The number of ketones is 1. The molecular weight excluding hydrogens is 410 g/mol. The Hall–Kier alpha value is -3.08. The molecule has 0 aliphatic rings. The zero-order chi connectivity index (χ0) is 21.3. The Labute approximate surface area is 190 Å². The maximum absolute atomic E-state index is 12.8. The average Bonchev–Trinajstić information content (AvgIpc) is 2.79. The van der Waals surface area contributed by atoms with E-state index >= 15 is 0 Å². The molecule has 0 aliphatic heterocycles. The topological polar surface area (TPSA) is 38.8 Å². The van der Waals surface area contributed by atoms with E-state index in [1.54, 1.807) is 32.4 Å². The maximum Gasteiger partial charge on any atom is 0.193 e. The van der Waals surface area contributed by atoms with Crippen molar-refractivity contribution in [3.05, 3.63) is 101 Å². The van der Waals surface area contributed by atoms with Gasteiger partial charge in [0.2, 0.25) is 0 Å². The first-order valence-corrected chi connectivity index (χ1v) is 9.86. The van der Waals surface area contributed by atoms with Gasteiger partial charge in [0.05, 0.1) is 14.2 Å². The van der Waals surface area contributed by atoms with Crippen LogP contribution in [-0.2, 0) is 6.54 Å². The second kappa shape index (κ2) is 11.9. The highest BCUT2D eigenvalue weighted by Crippen LogP contribution is 2.28. The van der Waals surface area contributed by atoms with E-state index in [1.807, 2.05) is 30.3 Å². The zero-order valence-corrected chi connectivity index (χ0v) is 18.9. The van der Waals surface area contributed by atoms with Gasteiger partial charge in [-0.15, -0.1) is 12.4 Å². The molecule has 5 heteroatoms. The summed E-state index contributed by atoms with van der Waals surface area (Å²) in [4.78, 5) is 15.0. The van der Waals surface area contributed by atoms with Crippen molar-refractivity contribution >= 4 is 24.3 Å². The van der Waals surface area contributed by atoms with Crippen LogP contribution in [0.15, 0.2) is 78.9 Å². The van der Waals surface area contributed by atoms with Crippen LogP contribution in [0, 0.1) is 0 Å². The number of ether oxygens (including phenoxy) is 2. The summed E-state index contributed by atoms with van der Waals surface area (Å²) in [6.07, 6.45) is 4.21. The van der Waals surface area contributed by atoms with Gasteiger partial charge in [-0.1, -0.05) is 66.7 Å². The van der Waals surface area contributed by atoms with Gasteiger partial charge in [-0.3, -0.25) is 9.69 Å². The van der Waals surface area contributed by atoms with Crippen molar-refractivity contribution in [1.82, 2.24) is 4.90 Å². The first-order valence-electron chi connectivity index (χ1n) is 9.86. The highest BCUT2D eigenvalue weighted by Gasteiger charge is 2.12. The number of hydrogen-bond donors (Lipinski definition) is 0. The van der Waals surface area contributed by atoms with Crippen molar-refractivity contribution in [2.45, 2.75) is 6.54 Å². The number of halogens is 1. The number of hydrogen-bond acceptors (Lipinski definition) is 4. The van der Waals surface area contributed by atoms with E-state index in [1.165, 1.54) is 5.56 Å². The largest absolute Gasteiger partial charge is 0.493 e. The van der Waals surface area contributed by atoms with Crippen molar-refractivity contribution in [1.29, 1.82) is 0 Å². The molecule has 0 aliphatic carbocycles. The van der Waals surface area contributed by atoms with Gasteiger partial charge < -0.3 is 9.47 Å². The van der Waals surface area contributed by atoms with Crippen LogP contribution in [-0.4, -0.2) is 38.5 Å². The van der Waals surface area contributed by atoms with E-state index in [0.29, 0.717) is 22.6 Å².